The standard InChI is InChI=1S/C26H31F3N4O2/c1-34-25(35-2)19-9-13-33(14-10-19)22-5-6-24(31-17-22)18-7-11-32(12-8-18)21-4-3-20(16-30)23(15-21)26(27,28)29/h3-6,15,17-19,25H,7-14H2,1-2H3. The monoisotopic (exact) mass is 488 g/mol. The lowest BCUT2D eigenvalue weighted by Crippen LogP contribution is -2.39. The summed E-state index contributed by atoms with van der Waals surface area (Å²) in [5.74, 6) is 0.664. The highest BCUT2D eigenvalue weighted by molar-refractivity contribution is 5.55. The predicted octanol–water partition coefficient (Wildman–Crippen LogP) is 5.19. The maximum atomic E-state index is 13.3. The molecule has 0 amide bonds. The van der Waals surface area contributed by atoms with Gasteiger partial charge >= 0.3 is 6.18 Å². The van der Waals surface area contributed by atoms with Gasteiger partial charge in [-0.15, -0.1) is 0 Å². The molecule has 0 spiro atoms. The summed E-state index contributed by atoms with van der Waals surface area (Å²) in [6, 6.07) is 9.80. The number of anilines is 2. The van der Waals surface area contributed by atoms with Gasteiger partial charge in [0.1, 0.15) is 0 Å². The molecule has 3 heterocycles. The molecule has 0 radical (unpaired) electrons. The van der Waals surface area contributed by atoms with Crippen molar-refractivity contribution in [1.29, 1.82) is 5.26 Å². The van der Waals surface area contributed by atoms with Crippen LogP contribution in [0.2, 0.25) is 0 Å². The van der Waals surface area contributed by atoms with E-state index in [-0.39, 0.29) is 17.8 Å². The van der Waals surface area contributed by atoms with Crippen LogP contribution in [-0.2, 0) is 15.7 Å². The van der Waals surface area contributed by atoms with E-state index < -0.39 is 11.7 Å². The van der Waals surface area contributed by atoms with Crippen LogP contribution in [0.5, 0.6) is 0 Å². The average Bonchev–Trinajstić information content (AvgIpc) is 2.89. The van der Waals surface area contributed by atoms with Crippen LogP contribution >= 0.6 is 0 Å². The van der Waals surface area contributed by atoms with E-state index in [1.807, 2.05) is 11.1 Å². The van der Waals surface area contributed by atoms with Crippen molar-refractivity contribution in [1.82, 2.24) is 4.98 Å². The molecule has 2 fully saturated rings. The molecule has 9 heteroatoms. The summed E-state index contributed by atoms with van der Waals surface area (Å²) >= 11 is 0. The Morgan fingerprint density at radius 3 is 2.09 bits per heavy atom. The van der Waals surface area contributed by atoms with Gasteiger partial charge in [0.05, 0.1) is 29.1 Å². The maximum absolute atomic E-state index is 13.3. The predicted molar refractivity (Wildman–Crippen MR) is 127 cm³/mol. The Morgan fingerprint density at radius 2 is 1.54 bits per heavy atom. The summed E-state index contributed by atoms with van der Waals surface area (Å²) in [7, 11) is 3.36. The molecule has 2 aliphatic heterocycles. The molecule has 0 bridgehead atoms. The first-order valence-electron chi connectivity index (χ1n) is 12.0. The van der Waals surface area contributed by atoms with E-state index in [1.54, 1.807) is 26.4 Å². The van der Waals surface area contributed by atoms with Crippen molar-refractivity contribution >= 4 is 11.4 Å². The Kier molecular flexibility index (Phi) is 7.82. The van der Waals surface area contributed by atoms with Crippen LogP contribution in [0.15, 0.2) is 36.5 Å². The lowest BCUT2D eigenvalue weighted by Gasteiger charge is -2.36. The van der Waals surface area contributed by atoms with E-state index in [0.717, 1.165) is 56.2 Å². The van der Waals surface area contributed by atoms with Crippen molar-refractivity contribution in [2.75, 3.05) is 50.2 Å². The first-order valence-corrected chi connectivity index (χ1v) is 12.0. The zero-order chi connectivity index (χ0) is 25.0. The first-order chi connectivity index (χ1) is 16.8. The molecular weight excluding hydrogens is 457 g/mol. The highest BCUT2D eigenvalue weighted by Crippen LogP contribution is 2.36. The second-order valence-electron chi connectivity index (χ2n) is 9.21. The Morgan fingerprint density at radius 1 is 0.943 bits per heavy atom. The summed E-state index contributed by atoms with van der Waals surface area (Å²) < 4.78 is 50.8. The number of nitrogens with zero attached hydrogens (tertiary/aromatic N) is 4. The highest BCUT2D eigenvalue weighted by atomic mass is 19.4. The van der Waals surface area contributed by atoms with E-state index in [4.69, 9.17) is 19.7 Å². The molecule has 0 N–H and O–H groups in total. The summed E-state index contributed by atoms with van der Waals surface area (Å²) in [6.07, 6.45) is 0.851. The number of alkyl halides is 3. The number of nitriles is 1. The van der Waals surface area contributed by atoms with E-state index in [0.29, 0.717) is 24.7 Å². The molecule has 0 atom stereocenters. The molecule has 1 aromatic carbocycles. The number of hydrogen-bond donors (Lipinski definition) is 0. The van der Waals surface area contributed by atoms with Gasteiger partial charge < -0.3 is 19.3 Å². The van der Waals surface area contributed by atoms with Crippen LogP contribution in [0.4, 0.5) is 24.5 Å². The number of aromatic nitrogens is 1. The minimum absolute atomic E-state index is 0.159. The number of pyridine rings is 1. The fraction of sp³-hybridized carbons (Fsp3) is 0.538. The third-order valence-corrected chi connectivity index (χ3v) is 7.23. The highest BCUT2D eigenvalue weighted by Gasteiger charge is 2.34. The smallest absolute Gasteiger partial charge is 0.371 e. The number of ether oxygens (including phenoxy) is 2. The normalized spacial score (nSPS) is 18.2. The fourth-order valence-corrected chi connectivity index (χ4v) is 5.23. The van der Waals surface area contributed by atoms with E-state index in [9.17, 15) is 13.2 Å². The molecule has 6 nitrogen and oxygen atoms in total. The number of rotatable bonds is 6. The van der Waals surface area contributed by atoms with Crippen molar-refractivity contribution in [3.8, 4) is 6.07 Å². The zero-order valence-corrected chi connectivity index (χ0v) is 20.1. The molecule has 35 heavy (non-hydrogen) atoms. The number of piperidine rings is 2. The largest absolute Gasteiger partial charge is 0.417 e. The number of benzene rings is 1. The van der Waals surface area contributed by atoms with E-state index in [2.05, 4.69) is 17.0 Å². The Bertz CT molecular complexity index is 1020. The Labute approximate surface area is 204 Å². The lowest BCUT2D eigenvalue weighted by molar-refractivity contribution is -0.141. The maximum Gasteiger partial charge on any atom is 0.417 e. The molecular formula is C26H31F3N4O2. The Hall–Kier alpha value is -2.83. The van der Waals surface area contributed by atoms with Crippen LogP contribution in [0, 0.1) is 17.2 Å². The SMILES string of the molecule is COC(OC)C1CCN(c2ccc(C3CCN(c4ccc(C#N)c(C(F)(F)F)c4)CC3)nc2)CC1. The van der Waals surface area contributed by atoms with Gasteiger partial charge in [-0.2, -0.15) is 18.4 Å². The van der Waals surface area contributed by atoms with Gasteiger partial charge in [0.25, 0.3) is 0 Å². The minimum Gasteiger partial charge on any atom is -0.371 e. The fourth-order valence-electron chi connectivity index (χ4n) is 5.23. The van der Waals surface area contributed by atoms with E-state index >= 15 is 0 Å². The molecule has 0 aliphatic carbocycles. The number of methoxy groups -OCH3 is 2. The van der Waals surface area contributed by atoms with Crippen LogP contribution in [0.3, 0.4) is 0 Å². The molecule has 2 aromatic rings. The third-order valence-electron chi connectivity index (χ3n) is 7.23. The third kappa shape index (κ3) is 5.71. The van der Waals surface area contributed by atoms with Crippen molar-refractivity contribution < 1.29 is 22.6 Å². The zero-order valence-electron chi connectivity index (χ0n) is 20.1. The first kappa shape index (κ1) is 25.3. The van der Waals surface area contributed by atoms with Crippen molar-refractivity contribution in [2.45, 2.75) is 44.1 Å². The van der Waals surface area contributed by atoms with Crippen molar-refractivity contribution in [2.24, 2.45) is 5.92 Å². The van der Waals surface area contributed by atoms with E-state index in [1.165, 1.54) is 6.07 Å². The van der Waals surface area contributed by atoms with Crippen LogP contribution < -0.4 is 9.80 Å². The van der Waals surface area contributed by atoms with Crippen LogP contribution in [-0.4, -0.2) is 51.7 Å². The van der Waals surface area contributed by atoms with Gasteiger partial charge in [-0.3, -0.25) is 4.98 Å². The lowest BCUT2D eigenvalue weighted by atomic mass is 9.92. The molecule has 0 saturated carbocycles. The van der Waals surface area contributed by atoms with Crippen molar-refractivity contribution in [3.05, 3.63) is 53.3 Å². The van der Waals surface area contributed by atoms with Gasteiger partial charge in [-0.05, 0) is 56.0 Å². The van der Waals surface area contributed by atoms with Gasteiger partial charge in [-0.25, -0.2) is 0 Å². The van der Waals surface area contributed by atoms with Crippen LogP contribution in [0.1, 0.15) is 48.4 Å². The molecule has 2 saturated heterocycles. The summed E-state index contributed by atoms with van der Waals surface area (Å²) in [5.41, 5.74) is 1.42. The minimum atomic E-state index is -4.55. The Balaban J connectivity index is 1.34. The molecule has 1 aromatic heterocycles. The molecule has 4 rings (SSSR count). The van der Waals surface area contributed by atoms with Gasteiger partial charge in [0.15, 0.2) is 6.29 Å². The number of halogens is 3. The number of hydrogen-bond acceptors (Lipinski definition) is 6. The summed E-state index contributed by atoms with van der Waals surface area (Å²) in [5, 5.41) is 9.02. The van der Waals surface area contributed by atoms with Crippen LogP contribution in [0.25, 0.3) is 0 Å². The molecule has 0 unspecified atom stereocenters. The second-order valence-corrected chi connectivity index (χ2v) is 9.21. The van der Waals surface area contributed by atoms with Gasteiger partial charge in [0, 0.05) is 63.6 Å². The summed E-state index contributed by atoms with van der Waals surface area (Å²) in [6.45, 7) is 3.14. The van der Waals surface area contributed by atoms with Gasteiger partial charge in [-0.1, -0.05) is 0 Å². The summed E-state index contributed by atoms with van der Waals surface area (Å²) in [4.78, 5) is 9.03. The topological polar surface area (TPSA) is 61.6 Å². The quantitative estimate of drug-likeness (QED) is 0.522. The molecule has 2 aliphatic rings. The molecule has 188 valence electrons. The average molecular weight is 489 g/mol. The second kappa shape index (κ2) is 10.8. The van der Waals surface area contributed by atoms with Gasteiger partial charge in [0.2, 0.25) is 0 Å². The van der Waals surface area contributed by atoms with Crippen molar-refractivity contribution in [3.63, 3.8) is 0 Å².